The summed E-state index contributed by atoms with van der Waals surface area (Å²) in [7, 11) is 3.48. The predicted molar refractivity (Wildman–Crippen MR) is 86.0 cm³/mol. The van der Waals surface area contributed by atoms with Crippen molar-refractivity contribution in [2.24, 2.45) is 5.92 Å². The van der Waals surface area contributed by atoms with E-state index in [2.05, 4.69) is 0 Å². The molecule has 1 unspecified atom stereocenters. The van der Waals surface area contributed by atoms with Gasteiger partial charge in [0.2, 0.25) is 5.91 Å². The maximum atomic E-state index is 12.8. The van der Waals surface area contributed by atoms with Gasteiger partial charge in [-0.25, -0.2) is 4.79 Å². The molecule has 1 atom stereocenters. The van der Waals surface area contributed by atoms with Crippen molar-refractivity contribution in [1.29, 1.82) is 0 Å². The number of amides is 3. The second-order valence-corrected chi connectivity index (χ2v) is 7.34. The molecule has 0 aromatic rings. The van der Waals surface area contributed by atoms with Crippen LogP contribution in [0.5, 0.6) is 0 Å². The van der Waals surface area contributed by atoms with E-state index in [1.807, 2.05) is 18.7 Å². The van der Waals surface area contributed by atoms with E-state index in [1.54, 1.807) is 23.9 Å². The molecule has 0 aliphatic carbocycles. The van der Waals surface area contributed by atoms with Gasteiger partial charge in [-0.1, -0.05) is 0 Å². The summed E-state index contributed by atoms with van der Waals surface area (Å²) in [5, 5.41) is 9.37. The van der Waals surface area contributed by atoms with Crippen LogP contribution in [0.2, 0.25) is 0 Å². The molecule has 2 fully saturated rings. The third-order valence-corrected chi connectivity index (χ3v) is 4.49. The van der Waals surface area contributed by atoms with Gasteiger partial charge in [0.15, 0.2) is 0 Å². The maximum absolute atomic E-state index is 12.8. The van der Waals surface area contributed by atoms with E-state index in [9.17, 15) is 14.7 Å². The van der Waals surface area contributed by atoms with E-state index < -0.39 is 5.60 Å². The zero-order valence-electron chi connectivity index (χ0n) is 14.6. The number of nitrogens with zero attached hydrogens (tertiary/aromatic N) is 3. The molecular weight excluding hydrogens is 298 g/mol. The lowest BCUT2D eigenvalue weighted by molar-refractivity contribution is -0.170. The summed E-state index contributed by atoms with van der Waals surface area (Å²) in [6.45, 7) is 6.01. The third-order valence-electron chi connectivity index (χ3n) is 4.49. The quantitative estimate of drug-likeness (QED) is 0.796. The van der Waals surface area contributed by atoms with Crippen molar-refractivity contribution in [3.05, 3.63) is 0 Å². The molecule has 2 aliphatic heterocycles. The van der Waals surface area contributed by atoms with Crippen molar-refractivity contribution in [1.82, 2.24) is 14.7 Å². The molecule has 3 amide bonds. The van der Waals surface area contributed by atoms with Gasteiger partial charge in [0, 0.05) is 46.2 Å². The van der Waals surface area contributed by atoms with Crippen molar-refractivity contribution >= 4 is 11.9 Å². The monoisotopic (exact) mass is 327 g/mol. The standard InChI is InChI=1S/C16H29N3O4/c1-16(2)11-19(9-13(10-20)23-16)14(21)12-5-7-18(8-6-12)15(22)17(3)4/h12-13,20H,5-11H2,1-4H3. The summed E-state index contributed by atoms with van der Waals surface area (Å²) < 4.78 is 5.76. The molecule has 1 N–H and O–H groups in total. The molecule has 0 bridgehead atoms. The van der Waals surface area contributed by atoms with Crippen LogP contribution in [0.1, 0.15) is 26.7 Å². The van der Waals surface area contributed by atoms with Crippen molar-refractivity contribution in [2.75, 3.05) is 46.9 Å². The summed E-state index contributed by atoms with van der Waals surface area (Å²) in [6.07, 6.45) is 1.07. The number of hydrogen-bond donors (Lipinski definition) is 1. The Hall–Kier alpha value is -1.34. The molecule has 23 heavy (non-hydrogen) atoms. The number of rotatable bonds is 2. The highest BCUT2D eigenvalue weighted by Crippen LogP contribution is 2.26. The topological polar surface area (TPSA) is 73.3 Å². The van der Waals surface area contributed by atoms with Gasteiger partial charge in [-0.2, -0.15) is 0 Å². The molecule has 0 aromatic heterocycles. The van der Waals surface area contributed by atoms with E-state index in [4.69, 9.17) is 4.74 Å². The first-order valence-electron chi connectivity index (χ1n) is 8.27. The smallest absolute Gasteiger partial charge is 0.319 e. The molecule has 0 aromatic carbocycles. The average molecular weight is 327 g/mol. The third kappa shape index (κ3) is 4.35. The number of likely N-dealkylation sites (tertiary alicyclic amines) is 1. The van der Waals surface area contributed by atoms with Crippen LogP contribution in [0.4, 0.5) is 4.79 Å². The number of aliphatic hydroxyl groups is 1. The van der Waals surface area contributed by atoms with Crippen LogP contribution in [0, 0.1) is 5.92 Å². The lowest BCUT2D eigenvalue weighted by atomic mass is 9.94. The fraction of sp³-hybridized carbons (Fsp3) is 0.875. The maximum Gasteiger partial charge on any atom is 0.319 e. The molecule has 7 nitrogen and oxygen atoms in total. The van der Waals surface area contributed by atoms with E-state index >= 15 is 0 Å². The Kier molecular flexibility index (Phi) is 5.52. The number of aliphatic hydroxyl groups excluding tert-OH is 1. The van der Waals surface area contributed by atoms with Gasteiger partial charge in [0.05, 0.1) is 18.3 Å². The second kappa shape index (κ2) is 7.05. The van der Waals surface area contributed by atoms with Crippen LogP contribution in [0.15, 0.2) is 0 Å². The van der Waals surface area contributed by atoms with E-state index in [0.29, 0.717) is 39.0 Å². The largest absolute Gasteiger partial charge is 0.394 e. The van der Waals surface area contributed by atoms with Gasteiger partial charge < -0.3 is 24.5 Å². The van der Waals surface area contributed by atoms with Crippen LogP contribution >= 0.6 is 0 Å². The number of morpholine rings is 1. The van der Waals surface area contributed by atoms with Gasteiger partial charge in [-0.15, -0.1) is 0 Å². The average Bonchev–Trinajstić information content (AvgIpc) is 2.51. The highest BCUT2D eigenvalue weighted by atomic mass is 16.5. The van der Waals surface area contributed by atoms with Crippen LogP contribution < -0.4 is 0 Å². The lowest BCUT2D eigenvalue weighted by Gasteiger charge is -2.44. The van der Waals surface area contributed by atoms with Crippen molar-refractivity contribution < 1.29 is 19.4 Å². The zero-order chi connectivity index (χ0) is 17.2. The molecule has 132 valence electrons. The number of ether oxygens (including phenoxy) is 1. The Morgan fingerprint density at radius 3 is 2.35 bits per heavy atom. The highest BCUT2D eigenvalue weighted by molar-refractivity contribution is 5.80. The molecule has 2 saturated heterocycles. The van der Waals surface area contributed by atoms with E-state index in [-0.39, 0.29) is 30.6 Å². The first-order valence-corrected chi connectivity index (χ1v) is 8.27. The number of hydrogen-bond acceptors (Lipinski definition) is 4. The Morgan fingerprint density at radius 2 is 1.83 bits per heavy atom. The fourth-order valence-electron chi connectivity index (χ4n) is 3.42. The van der Waals surface area contributed by atoms with Crippen LogP contribution in [-0.2, 0) is 9.53 Å². The normalized spacial score (nSPS) is 25.3. The van der Waals surface area contributed by atoms with Gasteiger partial charge in [-0.3, -0.25) is 4.79 Å². The molecule has 2 rings (SSSR count). The fourth-order valence-corrected chi connectivity index (χ4v) is 3.42. The number of urea groups is 1. The molecule has 7 heteroatoms. The summed E-state index contributed by atoms with van der Waals surface area (Å²) in [5.41, 5.74) is -0.442. The van der Waals surface area contributed by atoms with Crippen molar-refractivity contribution in [3.63, 3.8) is 0 Å². The second-order valence-electron chi connectivity index (χ2n) is 7.34. The van der Waals surface area contributed by atoms with Gasteiger partial charge >= 0.3 is 6.03 Å². The molecular formula is C16H29N3O4. The van der Waals surface area contributed by atoms with E-state index in [0.717, 1.165) is 0 Å². The summed E-state index contributed by atoms with van der Waals surface area (Å²) in [5.74, 6) is 0.0752. The first-order chi connectivity index (χ1) is 10.7. The molecule has 0 radical (unpaired) electrons. The number of piperidine rings is 1. The number of carbonyl (C=O) groups is 2. The van der Waals surface area contributed by atoms with Crippen molar-refractivity contribution in [2.45, 2.75) is 38.4 Å². The highest BCUT2D eigenvalue weighted by Gasteiger charge is 2.38. The summed E-state index contributed by atoms with van der Waals surface area (Å²) in [4.78, 5) is 29.9. The Labute approximate surface area is 138 Å². The van der Waals surface area contributed by atoms with Crippen LogP contribution in [0.25, 0.3) is 0 Å². The molecule has 2 heterocycles. The predicted octanol–water partition coefficient (Wildman–Crippen LogP) is 0.378. The first kappa shape index (κ1) is 18.0. The van der Waals surface area contributed by atoms with Gasteiger partial charge in [0.1, 0.15) is 0 Å². The summed E-state index contributed by atoms with van der Waals surface area (Å²) in [6, 6.07) is 0.00347. The van der Waals surface area contributed by atoms with Crippen LogP contribution in [-0.4, -0.2) is 90.3 Å². The molecule has 0 saturated carbocycles. The summed E-state index contributed by atoms with van der Waals surface area (Å²) >= 11 is 0. The van der Waals surface area contributed by atoms with Gasteiger partial charge in [-0.05, 0) is 26.7 Å². The lowest BCUT2D eigenvalue weighted by Crippen LogP contribution is -2.57. The Balaban J connectivity index is 1.93. The van der Waals surface area contributed by atoms with Crippen molar-refractivity contribution in [3.8, 4) is 0 Å². The minimum absolute atomic E-state index is 0.00347. The number of carbonyl (C=O) groups excluding carboxylic acids is 2. The minimum atomic E-state index is -0.442. The molecule has 0 spiro atoms. The van der Waals surface area contributed by atoms with Gasteiger partial charge in [0.25, 0.3) is 0 Å². The Morgan fingerprint density at radius 1 is 1.22 bits per heavy atom. The zero-order valence-corrected chi connectivity index (χ0v) is 14.6. The SMILES string of the molecule is CN(C)C(=O)N1CCC(C(=O)N2CC(CO)OC(C)(C)C2)CC1. The molecule has 2 aliphatic rings. The Bertz CT molecular complexity index is 445. The van der Waals surface area contributed by atoms with E-state index in [1.165, 1.54) is 0 Å². The minimum Gasteiger partial charge on any atom is -0.394 e. The van der Waals surface area contributed by atoms with Crippen LogP contribution in [0.3, 0.4) is 0 Å².